The van der Waals surface area contributed by atoms with Gasteiger partial charge in [0.1, 0.15) is 30.1 Å². The molecule has 1 aromatic rings. The van der Waals surface area contributed by atoms with Gasteiger partial charge in [-0.25, -0.2) is 9.18 Å². The van der Waals surface area contributed by atoms with Gasteiger partial charge in [-0.05, 0) is 12.1 Å². The fourth-order valence-electron chi connectivity index (χ4n) is 3.27. The van der Waals surface area contributed by atoms with E-state index in [1.165, 1.54) is 12.1 Å². The van der Waals surface area contributed by atoms with E-state index in [2.05, 4.69) is 0 Å². The highest BCUT2D eigenvalue weighted by Gasteiger charge is 2.63. The summed E-state index contributed by atoms with van der Waals surface area (Å²) in [6, 6.07) is 4.10. The van der Waals surface area contributed by atoms with Crippen molar-refractivity contribution in [2.24, 2.45) is 0 Å². The Labute approximate surface area is 177 Å². The van der Waals surface area contributed by atoms with Crippen molar-refractivity contribution in [2.75, 3.05) is 25.6 Å². The van der Waals surface area contributed by atoms with Gasteiger partial charge in [-0.2, -0.15) is 0 Å². The molecule has 0 radical (unpaired) electrons. The van der Waals surface area contributed by atoms with Gasteiger partial charge in [0.15, 0.2) is 0 Å². The Morgan fingerprint density at radius 3 is 2.55 bits per heavy atom. The van der Waals surface area contributed by atoms with Gasteiger partial charge in [-0.3, -0.25) is 4.79 Å². The number of aliphatic hydroxyl groups is 4. The van der Waals surface area contributed by atoms with E-state index in [1.54, 1.807) is 31.1 Å². The Kier molecular flexibility index (Phi) is 7.44. The van der Waals surface area contributed by atoms with Gasteiger partial charge in [0.25, 0.3) is 0 Å². The number of aliphatic carboxylic acids is 1. The number of nitrogens with zero attached hydrogens (tertiary/aromatic N) is 1. The lowest BCUT2D eigenvalue weighted by Crippen LogP contribution is -2.72. The van der Waals surface area contributed by atoms with Crippen LogP contribution in [0, 0.1) is 0 Å². The van der Waals surface area contributed by atoms with Crippen LogP contribution < -0.4 is 15.0 Å². The van der Waals surface area contributed by atoms with Crippen molar-refractivity contribution < 1.29 is 49.0 Å². The second-order valence-corrected chi connectivity index (χ2v) is 7.55. The zero-order chi connectivity index (χ0) is 23.6. The molecule has 1 fully saturated rings. The number of amides is 1. The first-order valence-electron chi connectivity index (χ1n) is 9.36. The number of alkyl halides is 1. The Hall–Kier alpha value is -2.51. The highest BCUT2D eigenvalue weighted by molar-refractivity contribution is 5.77. The number of hydrogen-bond donors (Lipinski definition) is 6. The van der Waals surface area contributed by atoms with E-state index < -0.39 is 60.9 Å². The Balaban J connectivity index is 2.51. The van der Waals surface area contributed by atoms with Crippen LogP contribution in [-0.4, -0.2) is 94.1 Å². The average molecular weight is 446 g/mol. The predicted molar refractivity (Wildman–Crippen MR) is 104 cm³/mol. The van der Waals surface area contributed by atoms with E-state index in [0.29, 0.717) is 5.69 Å². The summed E-state index contributed by atoms with van der Waals surface area (Å²) >= 11 is 0. The maximum Gasteiger partial charge on any atom is 0.377 e. The number of carbonyl (C=O) groups excluding carboxylic acids is 1. The molecule has 6 atom stereocenters. The molecule has 0 spiro atoms. The van der Waals surface area contributed by atoms with Crippen LogP contribution >= 0.6 is 0 Å². The number of ether oxygens (including phenoxy) is 2. The second-order valence-electron chi connectivity index (χ2n) is 7.55. The van der Waals surface area contributed by atoms with Crippen molar-refractivity contribution in [3.8, 4) is 5.75 Å². The third-order valence-electron chi connectivity index (χ3n) is 4.83. The third-order valence-corrected chi connectivity index (χ3v) is 4.83. The molecule has 1 saturated heterocycles. The van der Waals surface area contributed by atoms with Crippen LogP contribution in [0.15, 0.2) is 24.3 Å². The SMILES string of the molecule is CC(=O)N[C@H]1[C@H]([C@H](O)[C@H](O)CO)O[C@](Oc2cccc(N(C)C)c2)(C(=O)O)C[C@@]1(O)F. The molecular weight excluding hydrogens is 419 g/mol. The number of carboxylic acids is 1. The third kappa shape index (κ3) is 5.40. The Bertz CT molecular complexity index is 806. The molecule has 0 aliphatic carbocycles. The van der Waals surface area contributed by atoms with Gasteiger partial charge < -0.3 is 45.2 Å². The summed E-state index contributed by atoms with van der Waals surface area (Å²) in [5.74, 6) is -8.94. The monoisotopic (exact) mass is 446 g/mol. The maximum absolute atomic E-state index is 15.3. The number of benzene rings is 1. The summed E-state index contributed by atoms with van der Waals surface area (Å²) in [7, 11) is 3.45. The topological polar surface area (TPSA) is 169 Å². The number of carbonyl (C=O) groups is 2. The molecule has 6 N–H and O–H groups in total. The highest BCUT2D eigenvalue weighted by atomic mass is 19.2. The zero-order valence-corrected chi connectivity index (χ0v) is 17.2. The first-order valence-corrected chi connectivity index (χ1v) is 9.36. The summed E-state index contributed by atoms with van der Waals surface area (Å²) < 4.78 is 26.2. The first-order chi connectivity index (χ1) is 14.3. The van der Waals surface area contributed by atoms with Crippen LogP contribution in [0.1, 0.15) is 13.3 Å². The molecular formula is C19H27FN2O9. The second kappa shape index (κ2) is 9.32. The molecule has 11 nitrogen and oxygen atoms in total. The van der Waals surface area contributed by atoms with E-state index in [-0.39, 0.29) is 5.75 Å². The lowest BCUT2D eigenvalue weighted by molar-refractivity contribution is -0.325. The van der Waals surface area contributed by atoms with Crippen LogP contribution in [0.4, 0.5) is 10.1 Å². The summed E-state index contributed by atoms with van der Waals surface area (Å²) in [6.07, 6.45) is -7.24. The molecule has 1 aliphatic heterocycles. The number of halogens is 1. The predicted octanol–water partition coefficient (Wildman–Crippen LogP) is -1.42. The molecule has 1 aromatic carbocycles. The molecule has 1 amide bonds. The number of nitrogens with one attached hydrogen (secondary N) is 1. The van der Waals surface area contributed by atoms with Crippen molar-refractivity contribution in [1.29, 1.82) is 0 Å². The van der Waals surface area contributed by atoms with Gasteiger partial charge in [-0.15, -0.1) is 0 Å². The Morgan fingerprint density at radius 1 is 1.39 bits per heavy atom. The minimum Gasteiger partial charge on any atom is -0.476 e. The molecule has 0 aromatic heterocycles. The van der Waals surface area contributed by atoms with Crippen LogP contribution in [0.2, 0.25) is 0 Å². The van der Waals surface area contributed by atoms with E-state index in [9.17, 15) is 30.0 Å². The molecule has 12 heteroatoms. The first kappa shape index (κ1) is 24.8. The fourth-order valence-corrected chi connectivity index (χ4v) is 3.27. The molecule has 0 bridgehead atoms. The number of aliphatic hydroxyl groups excluding tert-OH is 3. The smallest absolute Gasteiger partial charge is 0.377 e. The van der Waals surface area contributed by atoms with Crippen molar-refractivity contribution in [2.45, 2.75) is 49.3 Å². The standard InChI is InChI=1S/C19H27FN2O9/c1-10(24)21-16-15(14(26)13(25)8-23)31-19(17(27)28,9-18(16,20)29)30-12-6-4-5-11(7-12)22(2)3/h4-7,13-16,23,25-26,29H,8-9H2,1-3H3,(H,21,24)(H,27,28)/t13-,14-,15+,16+,18+,19+/m1/s1. The number of carboxylic acid groups (broad SMARTS) is 1. The average Bonchev–Trinajstić information content (AvgIpc) is 2.68. The van der Waals surface area contributed by atoms with Gasteiger partial charge in [0, 0.05) is 32.8 Å². The lowest BCUT2D eigenvalue weighted by atomic mass is 9.86. The van der Waals surface area contributed by atoms with Crippen molar-refractivity contribution >= 4 is 17.6 Å². The largest absolute Gasteiger partial charge is 0.476 e. The normalized spacial score (nSPS) is 30.2. The van der Waals surface area contributed by atoms with Gasteiger partial charge >= 0.3 is 11.8 Å². The van der Waals surface area contributed by atoms with E-state index >= 15 is 4.39 Å². The molecule has 0 unspecified atom stereocenters. The minimum absolute atomic E-state index is 0.0432. The quantitative estimate of drug-likeness (QED) is 0.279. The molecule has 1 heterocycles. The summed E-state index contributed by atoms with van der Waals surface area (Å²) in [4.78, 5) is 25.3. The summed E-state index contributed by atoms with van der Waals surface area (Å²) in [5.41, 5.74) is 0.618. The van der Waals surface area contributed by atoms with E-state index in [4.69, 9.17) is 14.6 Å². The number of hydrogen-bond acceptors (Lipinski definition) is 9. The molecule has 31 heavy (non-hydrogen) atoms. The van der Waals surface area contributed by atoms with Gasteiger partial charge in [0.05, 0.1) is 13.0 Å². The van der Waals surface area contributed by atoms with Crippen LogP contribution in [-0.2, 0) is 14.3 Å². The molecule has 2 rings (SSSR count). The van der Waals surface area contributed by atoms with Crippen molar-refractivity contribution in [3.63, 3.8) is 0 Å². The highest BCUT2D eigenvalue weighted by Crippen LogP contribution is 2.41. The van der Waals surface area contributed by atoms with Crippen LogP contribution in [0.25, 0.3) is 0 Å². The van der Waals surface area contributed by atoms with Gasteiger partial charge in [0.2, 0.25) is 11.8 Å². The molecule has 174 valence electrons. The minimum atomic E-state index is -3.43. The summed E-state index contributed by atoms with van der Waals surface area (Å²) in [5, 5.41) is 51.5. The van der Waals surface area contributed by atoms with Gasteiger partial charge in [-0.1, -0.05) is 6.07 Å². The van der Waals surface area contributed by atoms with Crippen LogP contribution in [0.5, 0.6) is 5.75 Å². The molecule has 0 saturated carbocycles. The van der Waals surface area contributed by atoms with Crippen LogP contribution in [0.3, 0.4) is 0 Å². The van der Waals surface area contributed by atoms with E-state index in [0.717, 1.165) is 6.92 Å². The lowest BCUT2D eigenvalue weighted by Gasteiger charge is -2.48. The summed E-state index contributed by atoms with van der Waals surface area (Å²) in [6.45, 7) is 0.0225. The zero-order valence-electron chi connectivity index (χ0n) is 17.2. The number of rotatable bonds is 8. The maximum atomic E-state index is 15.3. The number of anilines is 1. The molecule has 1 aliphatic rings. The van der Waals surface area contributed by atoms with Crippen molar-refractivity contribution in [3.05, 3.63) is 24.3 Å². The van der Waals surface area contributed by atoms with E-state index in [1.807, 2.05) is 5.32 Å². The fraction of sp³-hybridized carbons (Fsp3) is 0.579. The Morgan fingerprint density at radius 2 is 2.03 bits per heavy atom. The van der Waals surface area contributed by atoms with Crippen molar-refractivity contribution in [1.82, 2.24) is 5.32 Å².